The maximum Gasteiger partial charge on any atom is 0.168 e. The Hall–Kier alpha value is -3.40. The van der Waals surface area contributed by atoms with Crippen LogP contribution in [0.4, 0.5) is 0 Å². The molecular formula is C24H16O4. The highest BCUT2D eigenvalue weighted by Gasteiger charge is 2.82. The molecule has 2 aromatic carbocycles. The SMILES string of the molecule is O=C1C=CC(=O)C2(c3ccccc3)C1C1C(=O)C=CC(=O)C12c1ccccc1. The van der Waals surface area contributed by atoms with E-state index in [1.54, 1.807) is 48.5 Å². The third-order valence-corrected chi connectivity index (χ3v) is 6.53. The summed E-state index contributed by atoms with van der Waals surface area (Å²) >= 11 is 0. The topological polar surface area (TPSA) is 68.3 Å². The highest BCUT2D eigenvalue weighted by Crippen LogP contribution is 2.69. The van der Waals surface area contributed by atoms with E-state index >= 15 is 0 Å². The number of rotatable bonds is 2. The second-order valence-electron chi connectivity index (χ2n) is 7.50. The monoisotopic (exact) mass is 368 g/mol. The van der Waals surface area contributed by atoms with Crippen molar-refractivity contribution in [3.63, 3.8) is 0 Å². The summed E-state index contributed by atoms with van der Waals surface area (Å²) < 4.78 is 0. The molecule has 0 N–H and O–H groups in total. The lowest BCUT2D eigenvalue weighted by molar-refractivity contribution is -0.171. The third kappa shape index (κ3) is 1.66. The molecule has 0 heterocycles. The van der Waals surface area contributed by atoms with Gasteiger partial charge in [0.15, 0.2) is 23.1 Å². The predicted molar refractivity (Wildman–Crippen MR) is 102 cm³/mol. The fraction of sp³-hybridized carbons (Fsp3) is 0.167. The van der Waals surface area contributed by atoms with E-state index in [-0.39, 0.29) is 23.1 Å². The molecule has 1 fully saturated rings. The van der Waals surface area contributed by atoms with Crippen LogP contribution in [0.15, 0.2) is 85.0 Å². The first-order valence-electron chi connectivity index (χ1n) is 9.20. The Labute approximate surface area is 161 Å². The molecule has 1 saturated carbocycles. The van der Waals surface area contributed by atoms with Crippen molar-refractivity contribution >= 4 is 23.1 Å². The van der Waals surface area contributed by atoms with Gasteiger partial charge in [-0.3, -0.25) is 19.2 Å². The molecule has 3 aliphatic rings. The summed E-state index contributed by atoms with van der Waals surface area (Å²) in [4.78, 5) is 52.8. The lowest BCUT2D eigenvalue weighted by Crippen LogP contribution is -2.81. The molecular weight excluding hydrogens is 352 g/mol. The number of allylic oxidation sites excluding steroid dienone is 4. The zero-order valence-electron chi connectivity index (χ0n) is 14.9. The molecule has 0 amide bonds. The smallest absolute Gasteiger partial charge is 0.168 e. The van der Waals surface area contributed by atoms with Gasteiger partial charge in [-0.15, -0.1) is 0 Å². The summed E-state index contributed by atoms with van der Waals surface area (Å²) in [5, 5.41) is 0. The van der Waals surface area contributed by atoms with Crippen LogP contribution in [0.5, 0.6) is 0 Å². The van der Waals surface area contributed by atoms with E-state index in [1.165, 1.54) is 24.3 Å². The molecule has 0 aliphatic heterocycles. The van der Waals surface area contributed by atoms with Gasteiger partial charge in [-0.1, -0.05) is 60.7 Å². The largest absolute Gasteiger partial charge is 0.294 e. The van der Waals surface area contributed by atoms with Gasteiger partial charge in [0, 0.05) is 0 Å². The summed E-state index contributed by atoms with van der Waals surface area (Å²) in [6.45, 7) is 0. The first-order valence-corrected chi connectivity index (χ1v) is 9.20. The molecule has 0 bridgehead atoms. The first kappa shape index (κ1) is 16.8. The second-order valence-corrected chi connectivity index (χ2v) is 7.50. The zero-order chi connectivity index (χ0) is 19.5. The van der Waals surface area contributed by atoms with Gasteiger partial charge in [-0.05, 0) is 35.4 Å². The van der Waals surface area contributed by atoms with E-state index in [0.717, 1.165) is 0 Å². The Morgan fingerprint density at radius 1 is 0.500 bits per heavy atom. The Morgan fingerprint density at radius 2 is 0.857 bits per heavy atom. The maximum atomic E-state index is 13.5. The number of carbonyl (C=O) groups is 4. The minimum Gasteiger partial charge on any atom is -0.294 e. The quantitative estimate of drug-likeness (QED) is 0.817. The summed E-state index contributed by atoms with van der Waals surface area (Å²) in [7, 11) is 0. The van der Waals surface area contributed by atoms with E-state index < -0.39 is 22.7 Å². The zero-order valence-corrected chi connectivity index (χ0v) is 14.9. The van der Waals surface area contributed by atoms with Crippen molar-refractivity contribution in [3.05, 3.63) is 96.1 Å². The fourth-order valence-corrected chi connectivity index (χ4v) is 5.63. The van der Waals surface area contributed by atoms with Crippen LogP contribution in [0.3, 0.4) is 0 Å². The average molecular weight is 368 g/mol. The molecule has 28 heavy (non-hydrogen) atoms. The number of hydrogen-bond donors (Lipinski definition) is 0. The van der Waals surface area contributed by atoms with E-state index in [0.29, 0.717) is 11.1 Å². The molecule has 2 aromatic rings. The van der Waals surface area contributed by atoms with Crippen LogP contribution in [0.25, 0.3) is 0 Å². The van der Waals surface area contributed by atoms with E-state index in [4.69, 9.17) is 0 Å². The minimum atomic E-state index is -1.41. The molecule has 4 heteroatoms. The number of benzene rings is 2. The lowest BCUT2D eigenvalue weighted by Gasteiger charge is -2.67. The van der Waals surface area contributed by atoms with Crippen molar-refractivity contribution < 1.29 is 19.2 Å². The van der Waals surface area contributed by atoms with Crippen molar-refractivity contribution in [1.29, 1.82) is 0 Å². The van der Waals surface area contributed by atoms with Crippen LogP contribution in [-0.4, -0.2) is 23.1 Å². The summed E-state index contributed by atoms with van der Waals surface area (Å²) in [6.07, 6.45) is 5.03. The van der Waals surface area contributed by atoms with E-state index in [2.05, 4.69) is 0 Å². The normalized spacial score (nSPS) is 33.3. The standard InChI is InChI=1S/C24H16O4/c25-17-11-13-19(27)23(15-7-3-1-4-8-15)21(17)22-18(26)12-14-20(28)24(22,23)16-9-5-2-6-10-16/h1-14,21-22H. The highest BCUT2D eigenvalue weighted by atomic mass is 16.2. The second kappa shape index (κ2) is 5.55. The van der Waals surface area contributed by atoms with Gasteiger partial charge in [0.05, 0.1) is 22.7 Å². The number of fused-ring (bicyclic) bond motifs is 4. The molecule has 4 unspecified atom stereocenters. The Balaban J connectivity index is 1.94. The van der Waals surface area contributed by atoms with Crippen molar-refractivity contribution in [1.82, 2.24) is 0 Å². The molecule has 0 radical (unpaired) electrons. The summed E-state index contributed by atoms with van der Waals surface area (Å²) in [5.74, 6) is -2.93. The van der Waals surface area contributed by atoms with Gasteiger partial charge in [-0.2, -0.15) is 0 Å². The highest BCUT2D eigenvalue weighted by molar-refractivity contribution is 6.26. The first-order chi connectivity index (χ1) is 13.6. The third-order valence-electron chi connectivity index (χ3n) is 6.53. The van der Waals surface area contributed by atoms with Crippen LogP contribution < -0.4 is 0 Å². The molecule has 4 nitrogen and oxygen atoms in total. The molecule has 3 aliphatic carbocycles. The van der Waals surface area contributed by atoms with Gasteiger partial charge >= 0.3 is 0 Å². The summed E-state index contributed by atoms with van der Waals surface area (Å²) in [5.41, 5.74) is -1.63. The average Bonchev–Trinajstić information content (AvgIpc) is 2.70. The van der Waals surface area contributed by atoms with Crippen molar-refractivity contribution in [2.45, 2.75) is 10.8 Å². The number of hydrogen-bond acceptors (Lipinski definition) is 4. The van der Waals surface area contributed by atoms with E-state index in [1.807, 2.05) is 12.1 Å². The molecule has 0 aromatic heterocycles. The van der Waals surface area contributed by atoms with Gasteiger partial charge < -0.3 is 0 Å². The van der Waals surface area contributed by atoms with Gasteiger partial charge in [-0.25, -0.2) is 0 Å². The van der Waals surface area contributed by atoms with Crippen molar-refractivity contribution in [3.8, 4) is 0 Å². The van der Waals surface area contributed by atoms with Crippen LogP contribution in [0.2, 0.25) is 0 Å². The summed E-state index contributed by atoms with van der Waals surface area (Å²) in [6, 6.07) is 17.9. The van der Waals surface area contributed by atoms with Crippen molar-refractivity contribution in [2.24, 2.45) is 11.8 Å². The van der Waals surface area contributed by atoms with E-state index in [9.17, 15) is 19.2 Å². The van der Waals surface area contributed by atoms with Crippen LogP contribution in [-0.2, 0) is 30.0 Å². The Kier molecular flexibility index (Phi) is 3.32. The maximum absolute atomic E-state index is 13.5. The fourth-order valence-electron chi connectivity index (χ4n) is 5.63. The van der Waals surface area contributed by atoms with Crippen LogP contribution >= 0.6 is 0 Å². The van der Waals surface area contributed by atoms with Gasteiger partial charge in [0.2, 0.25) is 0 Å². The molecule has 5 rings (SSSR count). The van der Waals surface area contributed by atoms with Gasteiger partial charge in [0.1, 0.15) is 0 Å². The lowest BCUT2D eigenvalue weighted by atomic mass is 9.29. The molecule has 0 spiro atoms. The Bertz CT molecular complexity index is 1010. The predicted octanol–water partition coefficient (Wildman–Crippen LogP) is 2.52. The minimum absolute atomic E-state index is 0.281. The number of carbonyl (C=O) groups excluding carboxylic acids is 4. The van der Waals surface area contributed by atoms with Crippen LogP contribution in [0, 0.1) is 11.8 Å². The molecule has 4 atom stereocenters. The Morgan fingerprint density at radius 3 is 1.21 bits per heavy atom. The van der Waals surface area contributed by atoms with Gasteiger partial charge in [0.25, 0.3) is 0 Å². The van der Waals surface area contributed by atoms with Crippen molar-refractivity contribution in [2.75, 3.05) is 0 Å². The number of ketones is 4. The van der Waals surface area contributed by atoms with Crippen LogP contribution in [0.1, 0.15) is 11.1 Å². The molecule has 136 valence electrons. The molecule has 0 saturated heterocycles.